The molecule has 2 aliphatic heterocycles. The normalized spacial score (nSPS) is 17.0. The molecule has 0 saturated carbocycles. The summed E-state index contributed by atoms with van der Waals surface area (Å²) in [6.07, 6.45) is 1.32. The lowest BCUT2D eigenvalue weighted by Crippen LogP contribution is -2.33. The fraction of sp³-hybridized carbons (Fsp3) is 0.379. The number of benzene rings is 2. The number of nitrogens with zero attached hydrogens (tertiary/aromatic N) is 2. The molecule has 2 aliphatic rings. The summed E-state index contributed by atoms with van der Waals surface area (Å²) in [4.78, 5) is 25.8. The molecule has 5 rings (SSSR count). The molecule has 11 heteroatoms. The van der Waals surface area contributed by atoms with Gasteiger partial charge in [-0.3, -0.25) is 4.79 Å². The zero-order valence-electron chi connectivity index (χ0n) is 22.7. The van der Waals surface area contributed by atoms with Crippen molar-refractivity contribution in [2.75, 3.05) is 33.4 Å². The number of hydrogen-bond donors (Lipinski definition) is 0. The number of sulfonamides is 1. The average molecular weight is 569 g/mol. The fourth-order valence-corrected chi connectivity index (χ4v) is 6.78. The van der Waals surface area contributed by atoms with Gasteiger partial charge in [0.15, 0.2) is 24.2 Å². The van der Waals surface area contributed by atoms with E-state index in [0.717, 1.165) is 24.2 Å². The van der Waals surface area contributed by atoms with Crippen molar-refractivity contribution < 1.29 is 37.0 Å². The summed E-state index contributed by atoms with van der Waals surface area (Å²) in [5.41, 5.74) is 2.05. The molecule has 3 heterocycles. The number of carbonyl (C=O) groups is 2. The van der Waals surface area contributed by atoms with Crippen molar-refractivity contribution in [3.05, 3.63) is 71.0 Å². The van der Waals surface area contributed by atoms with Crippen LogP contribution in [0.4, 0.5) is 0 Å². The van der Waals surface area contributed by atoms with Crippen LogP contribution < -0.4 is 14.2 Å². The van der Waals surface area contributed by atoms with Crippen LogP contribution in [0.2, 0.25) is 0 Å². The molecule has 1 saturated heterocycles. The van der Waals surface area contributed by atoms with Crippen molar-refractivity contribution in [3.8, 4) is 17.2 Å². The van der Waals surface area contributed by atoms with E-state index in [1.165, 1.54) is 29.6 Å². The van der Waals surface area contributed by atoms with Crippen LogP contribution >= 0.6 is 0 Å². The second-order valence-electron chi connectivity index (χ2n) is 9.87. The van der Waals surface area contributed by atoms with E-state index in [9.17, 15) is 18.0 Å². The Kier molecular flexibility index (Phi) is 7.86. The number of Topliss-reactive ketones (excluding diaryl/α,β-unsaturated/α-hetero) is 1. The Hall–Kier alpha value is -3.83. The predicted octanol–water partition coefficient (Wildman–Crippen LogP) is 3.78. The standard InChI is InChI=1S/C29H32N2O8S/c1-19-14-23(20(2)31(19)16-22-17-37-25-8-4-5-9-26(25)39-22)24(32)18-38-29(33)21-10-11-27(36-3)28(15-21)40(34,35)30-12-6-7-13-30/h4-5,8-11,14-15,22H,6-7,12-13,16-18H2,1-3H3/t22-/m1/s1. The molecule has 1 aromatic heterocycles. The van der Waals surface area contributed by atoms with Crippen LogP contribution in [0.3, 0.4) is 0 Å². The Bertz CT molecular complexity index is 1540. The van der Waals surface area contributed by atoms with Gasteiger partial charge in [-0.1, -0.05) is 12.1 Å². The summed E-state index contributed by atoms with van der Waals surface area (Å²) in [7, 11) is -2.46. The first-order valence-electron chi connectivity index (χ1n) is 13.1. The Balaban J connectivity index is 1.26. The van der Waals surface area contributed by atoms with Crippen molar-refractivity contribution in [1.29, 1.82) is 0 Å². The van der Waals surface area contributed by atoms with Gasteiger partial charge in [-0.25, -0.2) is 13.2 Å². The molecule has 0 unspecified atom stereocenters. The lowest BCUT2D eigenvalue weighted by Gasteiger charge is -2.27. The summed E-state index contributed by atoms with van der Waals surface area (Å²) < 4.78 is 52.1. The van der Waals surface area contributed by atoms with E-state index in [0.29, 0.717) is 43.3 Å². The molecule has 3 aromatic rings. The summed E-state index contributed by atoms with van der Waals surface area (Å²) in [6, 6.07) is 13.3. The highest BCUT2D eigenvalue weighted by Crippen LogP contribution is 2.32. The molecule has 0 radical (unpaired) electrons. The number of carbonyl (C=O) groups excluding carboxylic acids is 2. The first kappa shape index (κ1) is 27.7. The smallest absolute Gasteiger partial charge is 0.338 e. The maximum atomic E-state index is 13.1. The van der Waals surface area contributed by atoms with Gasteiger partial charge in [0, 0.05) is 30.0 Å². The zero-order valence-corrected chi connectivity index (χ0v) is 23.5. The molecule has 1 fully saturated rings. The van der Waals surface area contributed by atoms with Gasteiger partial charge in [-0.15, -0.1) is 0 Å². The highest BCUT2D eigenvalue weighted by atomic mass is 32.2. The SMILES string of the molecule is COc1ccc(C(=O)OCC(=O)c2cc(C)n(C[C@@H]3COc4ccccc4O3)c2C)cc1S(=O)(=O)N1CCCC1. The third-order valence-corrected chi connectivity index (χ3v) is 9.16. The van der Waals surface area contributed by atoms with E-state index < -0.39 is 22.6 Å². The number of rotatable bonds is 9. The van der Waals surface area contributed by atoms with Gasteiger partial charge in [0.1, 0.15) is 17.3 Å². The summed E-state index contributed by atoms with van der Waals surface area (Å²) >= 11 is 0. The largest absolute Gasteiger partial charge is 0.495 e. The summed E-state index contributed by atoms with van der Waals surface area (Å²) in [5, 5.41) is 0. The van der Waals surface area contributed by atoms with Crippen LogP contribution in [0, 0.1) is 13.8 Å². The molecule has 2 aromatic carbocycles. The second-order valence-corrected chi connectivity index (χ2v) is 11.8. The Labute approximate surface area is 233 Å². The monoisotopic (exact) mass is 568 g/mol. The van der Waals surface area contributed by atoms with E-state index >= 15 is 0 Å². The number of ketones is 1. The molecule has 1 atom stereocenters. The molecule has 0 bridgehead atoms. The molecular formula is C29H32N2O8S. The molecular weight excluding hydrogens is 536 g/mol. The first-order chi connectivity index (χ1) is 19.2. The third kappa shape index (κ3) is 5.44. The van der Waals surface area contributed by atoms with E-state index in [1.807, 2.05) is 42.7 Å². The maximum Gasteiger partial charge on any atom is 0.338 e. The number of aromatic nitrogens is 1. The Morgan fingerprint density at radius 1 is 1.02 bits per heavy atom. The second kappa shape index (κ2) is 11.3. The van der Waals surface area contributed by atoms with Gasteiger partial charge in [-0.05, 0) is 63.1 Å². The van der Waals surface area contributed by atoms with Crippen molar-refractivity contribution in [1.82, 2.24) is 8.87 Å². The lowest BCUT2D eigenvalue weighted by molar-refractivity contribution is 0.0474. The van der Waals surface area contributed by atoms with E-state index in [-0.39, 0.29) is 28.1 Å². The lowest BCUT2D eigenvalue weighted by atomic mass is 10.1. The minimum atomic E-state index is -3.84. The zero-order chi connectivity index (χ0) is 28.4. The van der Waals surface area contributed by atoms with Crippen LogP contribution in [0.1, 0.15) is 44.9 Å². The van der Waals surface area contributed by atoms with Gasteiger partial charge >= 0.3 is 5.97 Å². The topological polar surface area (TPSA) is 113 Å². The van der Waals surface area contributed by atoms with Crippen molar-refractivity contribution in [3.63, 3.8) is 0 Å². The highest BCUT2D eigenvalue weighted by molar-refractivity contribution is 7.89. The highest BCUT2D eigenvalue weighted by Gasteiger charge is 2.31. The molecule has 0 N–H and O–H groups in total. The van der Waals surface area contributed by atoms with Crippen molar-refractivity contribution in [2.24, 2.45) is 0 Å². The van der Waals surface area contributed by atoms with Crippen LogP contribution in [-0.4, -0.2) is 68.6 Å². The summed E-state index contributed by atoms with van der Waals surface area (Å²) in [5.74, 6) is 0.364. The van der Waals surface area contributed by atoms with E-state index in [4.69, 9.17) is 18.9 Å². The molecule has 0 aliphatic carbocycles. The number of esters is 1. The quantitative estimate of drug-likeness (QED) is 0.283. The van der Waals surface area contributed by atoms with Crippen molar-refractivity contribution in [2.45, 2.75) is 44.2 Å². The number of methoxy groups -OCH3 is 1. The average Bonchev–Trinajstić information content (AvgIpc) is 3.61. The van der Waals surface area contributed by atoms with Crippen LogP contribution in [0.15, 0.2) is 53.4 Å². The fourth-order valence-electron chi connectivity index (χ4n) is 5.09. The number of aryl methyl sites for hydroxylation is 1. The molecule has 212 valence electrons. The van der Waals surface area contributed by atoms with Crippen molar-refractivity contribution >= 4 is 21.8 Å². The molecule has 0 spiro atoms. The minimum Gasteiger partial charge on any atom is -0.495 e. The molecule has 10 nitrogen and oxygen atoms in total. The minimum absolute atomic E-state index is 0.0200. The number of fused-ring (bicyclic) bond motifs is 1. The van der Waals surface area contributed by atoms with Gasteiger partial charge in [0.2, 0.25) is 15.8 Å². The number of ether oxygens (including phenoxy) is 4. The van der Waals surface area contributed by atoms with E-state index in [1.54, 1.807) is 6.07 Å². The van der Waals surface area contributed by atoms with Gasteiger partial charge in [0.05, 0.1) is 19.2 Å². The maximum absolute atomic E-state index is 13.1. The van der Waals surface area contributed by atoms with E-state index in [2.05, 4.69) is 0 Å². The Morgan fingerprint density at radius 3 is 2.48 bits per heavy atom. The molecule has 40 heavy (non-hydrogen) atoms. The van der Waals surface area contributed by atoms with Gasteiger partial charge in [-0.2, -0.15) is 4.31 Å². The van der Waals surface area contributed by atoms with Crippen LogP contribution in [0.25, 0.3) is 0 Å². The number of hydrogen-bond acceptors (Lipinski definition) is 8. The first-order valence-corrected chi connectivity index (χ1v) is 14.6. The van der Waals surface area contributed by atoms with Crippen LogP contribution in [0.5, 0.6) is 17.2 Å². The van der Waals surface area contributed by atoms with Gasteiger partial charge in [0.25, 0.3) is 0 Å². The third-order valence-electron chi connectivity index (χ3n) is 7.24. The predicted molar refractivity (Wildman–Crippen MR) is 146 cm³/mol. The van der Waals surface area contributed by atoms with Gasteiger partial charge < -0.3 is 23.5 Å². The van der Waals surface area contributed by atoms with Crippen LogP contribution in [-0.2, 0) is 21.3 Å². The summed E-state index contributed by atoms with van der Waals surface area (Å²) in [6.45, 7) is 4.94. The Morgan fingerprint density at radius 2 is 1.75 bits per heavy atom. The molecule has 0 amide bonds. The number of para-hydroxylation sites is 2.